The van der Waals surface area contributed by atoms with Crippen LogP contribution in [-0.4, -0.2) is 47.1 Å². The number of carbonyl (C=O) groups excluding carboxylic acids is 2. The Morgan fingerprint density at radius 2 is 1.94 bits per heavy atom. The van der Waals surface area contributed by atoms with E-state index in [0.717, 1.165) is 25.3 Å². The third-order valence-electron chi connectivity index (χ3n) is 7.85. The number of pyridine rings is 1. The van der Waals surface area contributed by atoms with Crippen molar-refractivity contribution in [3.63, 3.8) is 0 Å². The highest BCUT2D eigenvalue weighted by molar-refractivity contribution is 5.81. The van der Waals surface area contributed by atoms with Crippen molar-refractivity contribution >= 4 is 17.8 Å². The molecule has 10 heteroatoms. The molecule has 2 amide bonds. The number of rotatable bonds is 4. The minimum Gasteiger partial charge on any atom is -0.446 e. The highest BCUT2D eigenvalue weighted by atomic mass is 19.4. The van der Waals surface area contributed by atoms with Crippen molar-refractivity contribution in [3.8, 4) is 0 Å². The number of carbonyl (C=O) groups is 2. The summed E-state index contributed by atoms with van der Waals surface area (Å²) in [6.07, 6.45) is 0.772. The number of anilines is 1. The molecule has 1 aromatic rings. The third-order valence-corrected chi connectivity index (χ3v) is 7.85. The summed E-state index contributed by atoms with van der Waals surface area (Å²) < 4.78 is 45.6. The monoisotopic (exact) mass is 452 g/mol. The normalized spacial score (nSPS) is 35.7. The fraction of sp³-hybridized carbons (Fsp3) is 0.682. The van der Waals surface area contributed by atoms with Crippen molar-refractivity contribution in [3.05, 3.63) is 23.9 Å². The number of halogens is 3. The van der Waals surface area contributed by atoms with Gasteiger partial charge >= 0.3 is 12.3 Å². The van der Waals surface area contributed by atoms with Gasteiger partial charge in [-0.15, -0.1) is 0 Å². The first-order valence-electron chi connectivity index (χ1n) is 11.2. The number of aromatic nitrogens is 1. The second kappa shape index (κ2) is 7.52. The van der Waals surface area contributed by atoms with Crippen molar-refractivity contribution in [1.82, 2.24) is 9.88 Å². The molecular formula is C22H27F3N4O3. The van der Waals surface area contributed by atoms with Gasteiger partial charge in [0, 0.05) is 25.3 Å². The number of alkyl halides is 3. The molecular weight excluding hydrogens is 425 g/mol. The first-order chi connectivity index (χ1) is 15.1. The molecule has 2 heterocycles. The number of nitrogens with one attached hydrogen (secondary N) is 1. The molecule has 0 spiro atoms. The van der Waals surface area contributed by atoms with Crippen molar-refractivity contribution in [2.24, 2.45) is 28.9 Å². The summed E-state index contributed by atoms with van der Waals surface area (Å²) in [5, 5.41) is 2.84. The van der Waals surface area contributed by atoms with E-state index in [0.29, 0.717) is 31.7 Å². The van der Waals surface area contributed by atoms with Crippen molar-refractivity contribution in [2.75, 3.05) is 18.4 Å². The molecule has 6 rings (SSSR count). The minimum atomic E-state index is -4.50. The zero-order valence-corrected chi connectivity index (χ0v) is 17.6. The summed E-state index contributed by atoms with van der Waals surface area (Å²) in [7, 11) is 0. The van der Waals surface area contributed by atoms with E-state index in [1.165, 1.54) is 12.3 Å². The summed E-state index contributed by atoms with van der Waals surface area (Å²) in [6.45, 7) is 0.656. The number of hydrogen-bond acceptors (Lipinski definition) is 5. The van der Waals surface area contributed by atoms with Gasteiger partial charge in [0.15, 0.2) is 0 Å². The molecule has 4 aliphatic carbocycles. The Morgan fingerprint density at radius 1 is 1.22 bits per heavy atom. The molecule has 1 saturated heterocycles. The molecule has 174 valence electrons. The highest BCUT2D eigenvalue weighted by Crippen LogP contribution is 2.60. The second-order valence-corrected chi connectivity index (χ2v) is 9.94. The van der Waals surface area contributed by atoms with Crippen LogP contribution in [0.1, 0.15) is 44.1 Å². The number of hydrogen-bond donors (Lipinski definition) is 2. The molecule has 4 bridgehead atoms. The quantitative estimate of drug-likeness (QED) is 0.730. The van der Waals surface area contributed by atoms with Gasteiger partial charge in [-0.25, -0.2) is 9.78 Å². The Morgan fingerprint density at radius 3 is 2.59 bits per heavy atom. The van der Waals surface area contributed by atoms with Gasteiger partial charge < -0.3 is 20.7 Å². The Balaban J connectivity index is 1.20. The van der Waals surface area contributed by atoms with Crippen LogP contribution in [0.25, 0.3) is 0 Å². The van der Waals surface area contributed by atoms with Gasteiger partial charge in [-0.2, -0.15) is 13.2 Å². The van der Waals surface area contributed by atoms with Crippen LogP contribution in [0.3, 0.4) is 0 Å². The van der Waals surface area contributed by atoms with Crippen LogP contribution >= 0.6 is 0 Å². The van der Waals surface area contributed by atoms with Gasteiger partial charge in [-0.1, -0.05) is 0 Å². The lowest BCUT2D eigenvalue weighted by Gasteiger charge is -2.58. The van der Waals surface area contributed by atoms with Crippen LogP contribution < -0.4 is 11.1 Å². The predicted molar refractivity (Wildman–Crippen MR) is 108 cm³/mol. The third kappa shape index (κ3) is 3.67. The zero-order valence-electron chi connectivity index (χ0n) is 17.6. The van der Waals surface area contributed by atoms with Crippen molar-refractivity contribution in [1.29, 1.82) is 0 Å². The molecule has 3 atom stereocenters. The lowest BCUT2D eigenvalue weighted by atomic mass is 9.48. The number of primary amides is 1. The van der Waals surface area contributed by atoms with Crippen molar-refractivity contribution < 1.29 is 27.5 Å². The Kier molecular flexibility index (Phi) is 5.01. The largest absolute Gasteiger partial charge is 0.446 e. The molecule has 5 aliphatic rings. The van der Waals surface area contributed by atoms with Gasteiger partial charge in [-0.05, 0) is 68.4 Å². The Hall–Kier alpha value is -2.52. The lowest BCUT2D eigenvalue weighted by Crippen LogP contribution is -2.59. The molecule has 7 nitrogen and oxygen atoms in total. The zero-order chi connectivity index (χ0) is 22.7. The SMILES string of the molecule is NC(=O)C12CC3C[C@H](C1)C(OC(=O)N1CCC(Nc4ncccc4C(F)(F)F)C1)[C@H](C3)C2. The Labute approximate surface area is 183 Å². The van der Waals surface area contributed by atoms with E-state index < -0.39 is 23.2 Å². The number of nitrogens with zero attached hydrogens (tertiary/aromatic N) is 2. The molecule has 0 aromatic carbocycles. The first-order valence-corrected chi connectivity index (χ1v) is 11.2. The number of nitrogens with two attached hydrogens (primary N) is 1. The summed E-state index contributed by atoms with van der Waals surface area (Å²) in [5.74, 6) is 0.312. The van der Waals surface area contributed by atoms with Crippen LogP contribution in [0.2, 0.25) is 0 Å². The summed E-state index contributed by atoms with van der Waals surface area (Å²) in [4.78, 5) is 30.3. The van der Waals surface area contributed by atoms with Crippen LogP contribution in [0, 0.1) is 23.2 Å². The molecule has 1 aromatic heterocycles. The van der Waals surface area contributed by atoms with Gasteiger partial charge in [0.05, 0.1) is 11.0 Å². The Bertz CT molecular complexity index is 908. The highest BCUT2D eigenvalue weighted by Gasteiger charge is 2.59. The van der Waals surface area contributed by atoms with Gasteiger partial charge in [0.1, 0.15) is 11.9 Å². The molecule has 32 heavy (non-hydrogen) atoms. The molecule has 4 saturated carbocycles. The maximum absolute atomic E-state index is 13.2. The van der Waals surface area contributed by atoms with E-state index in [2.05, 4.69) is 10.3 Å². The maximum atomic E-state index is 13.2. The molecule has 1 unspecified atom stereocenters. The molecule has 1 aliphatic heterocycles. The molecule has 5 fully saturated rings. The van der Waals surface area contributed by atoms with E-state index >= 15 is 0 Å². The van der Waals surface area contributed by atoms with E-state index in [-0.39, 0.29) is 42.3 Å². The van der Waals surface area contributed by atoms with Gasteiger partial charge in [0.25, 0.3) is 0 Å². The first kappa shape index (κ1) is 21.3. The summed E-state index contributed by atoms with van der Waals surface area (Å²) in [5.41, 5.74) is 4.45. The van der Waals surface area contributed by atoms with Crippen LogP contribution in [0.5, 0.6) is 0 Å². The van der Waals surface area contributed by atoms with Crippen LogP contribution in [-0.2, 0) is 15.7 Å². The summed E-state index contributed by atoms with van der Waals surface area (Å²) >= 11 is 0. The van der Waals surface area contributed by atoms with E-state index in [1.54, 1.807) is 4.90 Å². The maximum Gasteiger partial charge on any atom is 0.419 e. The van der Waals surface area contributed by atoms with Crippen LogP contribution in [0.4, 0.5) is 23.8 Å². The number of amides is 2. The standard InChI is InChI=1S/C22H27F3N4O3/c23-22(24,25)16-2-1-4-27-18(16)28-15-3-5-29(11-15)20(31)32-17-13-6-12-7-14(17)10-21(8-12,9-13)19(26)30/h1-2,4,12-15,17H,3,5-11H2,(H2,26,30)(H,27,28)/t12?,13-,14-,15?,17?,21?/m1/s1. The molecule has 0 radical (unpaired) electrons. The average Bonchev–Trinajstić information content (AvgIpc) is 3.18. The minimum absolute atomic E-state index is 0.150. The topological polar surface area (TPSA) is 97.6 Å². The van der Waals surface area contributed by atoms with E-state index in [4.69, 9.17) is 10.5 Å². The fourth-order valence-corrected chi connectivity index (χ4v) is 6.65. The van der Waals surface area contributed by atoms with E-state index in [1.807, 2.05) is 0 Å². The van der Waals surface area contributed by atoms with Gasteiger partial charge in [-0.3, -0.25) is 4.79 Å². The van der Waals surface area contributed by atoms with Gasteiger partial charge in [0.2, 0.25) is 5.91 Å². The predicted octanol–water partition coefficient (Wildman–Crippen LogP) is 3.40. The smallest absolute Gasteiger partial charge is 0.419 e. The fourth-order valence-electron chi connectivity index (χ4n) is 6.65. The molecule has 3 N–H and O–H groups in total. The lowest BCUT2D eigenvalue weighted by molar-refractivity contribution is -0.161. The number of likely N-dealkylation sites (tertiary alicyclic amines) is 1. The number of ether oxygens (including phenoxy) is 1. The second-order valence-electron chi connectivity index (χ2n) is 9.94. The summed E-state index contributed by atoms with van der Waals surface area (Å²) in [6, 6.07) is 1.90. The average molecular weight is 452 g/mol. The van der Waals surface area contributed by atoms with Crippen molar-refractivity contribution in [2.45, 2.75) is 56.8 Å². The van der Waals surface area contributed by atoms with E-state index in [9.17, 15) is 22.8 Å². The van der Waals surface area contributed by atoms with Crippen LogP contribution in [0.15, 0.2) is 18.3 Å².